The maximum atomic E-state index is 6.38. The molecule has 344 valence electrons. The van der Waals surface area contributed by atoms with Crippen LogP contribution < -0.4 is 0 Å². The molecule has 4 heteroatoms. The van der Waals surface area contributed by atoms with Gasteiger partial charge in [0.15, 0.2) is 5.82 Å². The van der Waals surface area contributed by atoms with Gasteiger partial charge in [-0.25, -0.2) is 9.97 Å². The van der Waals surface area contributed by atoms with Crippen LogP contribution in [0.4, 0.5) is 0 Å². The van der Waals surface area contributed by atoms with Gasteiger partial charge >= 0.3 is 0 Å². The molecule has 0 fully saturated rings. The molecule has 0 amide bonds. The molecule has 0 aliphatic carbocycles. The Kier molecular flexibility index (Phi) is 11.2. The predicted octanol–water partition coefficient (Wildman–Crippen LogP) is 18.2. The zero-order valence-corrected chi connectivity index (χ0v) is 40.6. The highest BCUT2D eigenvalue weighted by atomic mass is 16.3. The zero-order valence-electron chi connectivity index (χ0n) is 40.6. The molecule has 0 bridgehead atoms. The highest BCUT2D eigenvalue weighted by molar-refractivity contribution is 6.18. The highest BCUT2D eigenvalue weighted by Crippen LogP contribution is 2.42. The van der Waals surface area contributed by atoms with Crippen LogP contribution in [-0.4, -0.2) is 14.5 Å². The van der Waals surface area contributed by atoms with E-state index in [2.05, 4.69) is 232 Å². The number of fused-ring (bicyclic) bond motifs is 6. The van der Waals surface area contributed by atoms with Crippen molar-refractivity contribution in [1.82, 2.24) is 14.5 Å². The van der Waals surface area contributed by atoms with Gasteiger partial charge in [-0.2, -0.15) is 0 Å². The molecule has 0 aliphatic heterocycles. The first-order valence-corrected chi connectivity index (χ1v) is 24.6. The molecule has 0 radical (unpaired) electrons. The lowest BCUT2D eigenvalue weighted by atomic mass is 9.86. The lowest BCUT2D eigenvalue weighted by Crippen LogP contribution is -2.10. The normalized spacial score (nSPS) is 12.3. The van der Waals surface area contributed by atoms with Crippen molar-refractivity contribution in [3.63, 3.8) is 0 Å². The second-order valence-electron chi connectivity index (χ2n) is 19.5. The maximum Gasteiger partial charge on any atom is 0.160 e. The molecule has 0 saturated carbocycles. The molecule has 0 unspecified atom stereocenters. The van der Waals surface area contributed by atoms with Crippen LogP contribution in [-0.2, 0) is 5.41 Å². The Bertz CT molecular complexity index is 3950. The summed E-state index contributed by atoms with van der Waals surface area (Å²) in [7, 11) is 0. The fourth-order valence-electron chi connectivity index (χ4n) is 9.94. The van der Waals surface area contributed by atoms with Gasteiger partial charge in [-0.1, -0.05) is 209 Å². The van der Waals surface area contributed by atoms with Crippen molar-refractivity contribution >= 4 is 66.7 Å². The topological polar surface area (TPSA) is 43.9 Å². The molecule has 72 heavy (non-hydrogen) atoms. The molecule has 12 aromatic rings. The molecule has 3 heterocycles. The largest absolute Gasteiger partial charge is 0.456 e. The first kappa shape index (κ1) is 44.1. The van der Waals surface area contributed by atoms with Gasteiger partial charge in [0.05, 0.1) is 28.1 Å². The molecule has 12 rings (SSSR count). The van der Waals surface area contributed by atoms with Crippen molar-refractivity contribution in [2.45, 2.75) is 26.2 Å². The van der Waals surface area contributed by atoms with Crippen LogP contribution >= 0.6 is 0 Å². The SMILES string of the molecule is C=C(/C=C(\C(=C\c1ccc(C(C)(C)C)cc1)n1c2ccc(-c3ccccc3)cc2c2cc(-c3ccccc3)ccc21)c1ccccc1)c1cc(-c2ccc3c(c2)oc2ccccc23)nc(-c2ccccc2)n1. The Hall–Kier alpha value is -9.12. The lowest BCUT2D eigenvalue weighted by molar-refractivity contribution is 0.590. The number of nitrogens with zero attached hydrogens (tertiary/aromatic N) is 3. The van der Waals surface area contributed by atoms with Crippen LogP contribution in [0.25, 0.3) is 112 Å². The van der Waals surface area contributed by atoms with E-state index in [0.29, 0.717) is 11.5 Å². The van der Waals surface area contributed by atoms with Crippen molar-refractivity contribution in [2.75, 3.05) is 0 Å². The Morgan fingerprint density at radius 1 is 0.472 bits per heavy atom. The van der Waals surface area contributed by atoms with Crippen molar-refractivity contribution in [3.05, 3.63) is 266 Å². The molecular weight excluding hydrogens is 875 g/mol. The number of benzene rings is 9. The molecule has 0 atom stereocenters. The van der Waals surface area contributed by atoms with Gasteiger partial charge in [0.2, 0.25) is 0 Å². The molecule has 0 aliphatic rings. The van der Waals surface area contributed by atoms with Crippen LogP contribution in [0.15, 0.2) is 248 Å². The quantitative estimate of drug-likeness (QED) is 0.128. The first-order chi connectivity index (χ1) is 35.2. The second kappa shape index (κ2) is 18.3. The van der Waals surface area contributed by atoms with Gasteiger partial charge in [-0.3, -0.25) is 0 Å². The average Bonchev–Trinajstić information content (AvgIpc) is 3.97. The van der Waals surface area contributed by atoms with Crippen LogP contribution in [0, 0.1) is 0 Å². The van der Waals surface area contributed by atoms with E-state index in [1.807, 2.05) is 36.4 Å². The molecule has 0 spiro atoms. The van der Waals surface area contributed by atoms with Crippen molar-refractivity contribution in [3.8, 4) is 44.9 Å². The summed E-state index contributed by atoms with van der Waals surface area (Å²) in [6.07, 6.45) is 4.54. The van der Waals surface area contributed by atoms with Gasteiger partial charge in [0, 0.05) is 38.2 Å². The van der Waals surface area contributed by atoms with E-state index in [4.69, 9.17) is 21.0 Å². The van der Waals surface area contributed by atoms with E-state index >= 15 is 0 Å². The number of furan rings is 1. The van der Waals surface area contributed by atoms with Gasteiger partial charge in [-0.15, -0.1) is 0 Å². The summed E-state index contributed by atoms with van der Waals surface area (Å²) in [6, 6.07) is 81.5. The minimum Gasteiger partial charge on any atom is -0.456 e. The summed E-state index contributed by atoms with van der Waals surface area (Å²) in [6.45, 7) is 11.6. The van der Waals surface area contributed by atoms with Crippen molar-refractivity contribution < 1.29 is 4.42 Å². The van der Waals surface area contributed by atoms with Crippen LogP contribution in [0.2, 0.25) is 0 Å². The van der Waals surface area contributed by atoms with E-state index in [0.717, 1.165) is 88.9 Å². The van der Waals surface area contributed by atoms with Crippen LogP contribution in [0.1, 0.15) is 43.2 Å². The molecule has 9 aromatic carbocycles. The number of allylic oxidation sites excluding steroid dienone is 4. The van der Waals surface area contributed by atoms with Crippen LogP contribution in [0.3, 0.4) is 0 Å². The molecule has 3 aromatic heterocycles. The molecule has 4 nitrogen and oxygen atoms in total. The monoisotopic (exact) mass is 925 g/mol. The number of aromatic nitrogens is 3. The number of rotatable bonds is 10. The molecule has 0 N–H and O–H groups in total. The molecule has 0 saturated heterocycles. The van der Waals surface area contributed by atoms with E-state index in [1.54, 1.807) is 0 Å². The van der Waals surface area contributed by atoms with E-state index < -0.39 is 0 Å². The Labute approximate surface area is 420 Å². The minimum atomic E-state index is 0.00445. The summed E-state index contributed by atoms with van der Waals surface area (Å²) in [5.74, 6) is 0.615. The third kappa shape index (κ3) is 8.43. The lowest BCUT2D eigenvalue weighted by Gasteiger charge is -2.20. The Morgan fingerprint density at radius 2 is 1.01 bits per heavy atom. The van der Waals surface area contributed by atoms with Gasteiger partial charge in [0.1, 0.15) is 11.2 Å². The number of hydrogen-bond acceptors (Lipinski definition) is 3. The average molecular weight is 926 g/mol. The van der Waals surface area contributed by atoms with E-state index in [-0.39, 0.29) is 5.41 Å². The van der Waals surface area contributed by atoms with Crippen LogP contribution in [0.5, 0.6) is 0 Å². The third-order valence-corrected chi connectivity index (χ3v) is 13.7. The van der Waals surface area contributed by atoms with Crippen molar-refractivity contribution in [1.29, 1.82) is 0 Å². The van der Waals surface area contributed by atoms with E-state index in [1.165, 1.54) is 27.5 Å². The second-order valence-corrected chi connectivity index (χ2v) is 19.5. The van der Waals surface area contributed by atoms with Crippen molar-refractivity contribution in [2.24, 2.45) is 0 Å². The smallest absolute Gasteiger partial charge is 0.160 e. The number of hydrogen-bond donors (Lipinski definition) is 0. The summed E-state index contributed by atoms with van der Waals surface area (Å²) in [5, 5.41) is 4.49. The highest BCUT2D eigenvalue weighted by Gasteiger charge is 2.22. The predicted molar refractivity (Wildman–Crippen MR) is 303 cm³/mol. The first-order valence-electron chi connectivity index (χ1n) is 24.6. The summed E-state index contributed by atoms with van der Waals surface area (Å²) < 4.78 is 8.83. The van der Waals surface area contributed by atoms with Gasteiger partial charge in [0.25, 0.3) is 0 Å². The fourth-order valence-corrected chi connectivity index (χ4v) is 9.94. The summed E-state index contributed by atoms with van der Waals surface area (Å²) in [5.41, 5.74) is 18.0. The summed E-state index contributed by atoms with van der Waals surface area (Å²) in [4.78, 5) is 10.5. The van der Waals surface area contributed by atoms with E-state index in [9.17, 15) is 0 Å². The standard InChI is InChI=1S/C68H51N3O/c1-45(60-44-61(70-67(69-60)50-25-15-8-16-26-50)53-31-36-56-55-27-17-18-28-65(55)72-66(56)43-53)39-57(49-23-13-7-14-24-49)64(40-46-29-34-54(35-30-46)68(2,3)4)71-62-37-32-51(47-19-9-5-10-20-47)41-58(62)59-42-52(33-38-63(59)71)48-21-11-6-12-22-48/h5-44H,1H2,2-4H3/b57-39-,64-40-. The maximum absolute atomic E-state index is 6.38. The fraction of sp³-hybridized carbons (Fsp3) is 0.0588. The molecular formula is C68H51N3O. The summed E-state index contributed by atoms with van der Waals surface area (Å²) >= 11 is 0. The zero-order chi connectivity index (χ0) is 48.8. The van der Waals surface area contributed by atoms with Gasteiger partial charge in [-0.05, 0) is 111 Å². The van der Waals surface area contributed by atoms with Gasteiger partial charge < -0.3 is 8.98 Å². The minimum absolute atomic E-state index is 0.00445. The third-order valence-electron chi connectivity index (χ3n) is 13.7. The Balaban J connectivity index is 1.10. The number of para-hydroxylation sites is 1. The Morgan fingerprint density at radius 3 is 1.62 bits per heavy atom.